The number of ether oxygens (including phenoxy) is 2. The van der Waals surface area contributed by atoms with Crippen molar-refractivity contribution in [2.75, 3.05) is 13.2 Å². The lowest BCUT2D eigenvalue weighted by atomic mass is 10.1. The molecule has 0 saturated heterocycles. The summed E-state index contributed by atoms with van der Waals surface area (Å²) in [5, 5.41) is 0. The van der Waals surface area contributed by atoms with E-state index in [4.69, 9.17) is 9.47 Å². The Morgan fingerprint density at radius 2 is 1.86 bits per heavy atom. The van der Waals surface area contributed by atoms with E-state index in [0.717, 1.165) is 26.1 Å². The monoisotopic (exact) mass is 200 g/mol. The molecule has 1 atom stereocenters. The number of rotatable bonds is 10. The van der Waals surface area contributed by atoms with Crippen LogP contribution < -0.4 is 0 Å². The van der Waals surface area contributed by atoms with Crippen molar-refractivity contribution in [3.8, 4) is 0 Å². The third-order valence-electron chi connectivity index (χ3n) is 2.06. The van der Waals surface area contributed by atoms with Crippen molar-refractivity contribution in [3.63, 3.8) is 0 Å². The van der Waals surface area contributed by atoms with Gasteiger partial charge in [0, 0.05) is 13.2 Å². The largest absolute Gasteiger partial charge is 0.353 e. The molecular formula is C12H24O2. The second kappa shape index (κ2) is 10.7. The average Bonchev–Trinajstić information content (AvgIpc) is 2.17. The van der Waals surface area contributed by atoms with Gasteiger partial charge < -0.3 is 9.47 Å². The second-order valence-electron chi connectivity index (χ2n) is 3.39. The maximum absolute atomic E-state index is 5.45. The summed E-state index contributed by atoms with van der Waals surface area (Å²) in [6.45, 7) is 9.16. The molecule has 14 heavy (non-hydrogen) atoms. The summed E-state index contributed by atoms with van der Waals surface area (Å²) in [6, 6.07) is 0. The lowest BCUT2D eigenvalue weighted by Crippen LogP contribution is -2.13. The Bertz CT molecular complexity index is 123. The standard InChI is InChI=1S/C12H24O2/c1-4-6-7-8-9-10-11-14-12(3)13-5-2/h4,12H,1,5-11H2,2-3H3. The molecule has 2 heteroatoms. The van der Waals surface area contributed by atoms with Gasteiger partial charge in [0.1, 0.15) is 0 Å². The first-order valence-electron chi connectivity index (χ1n) is 5.65. The van der Waals surface area contributed by atoms with E-state index in [-0.39, 0.29) is 6.29 Å². The fourth-order valence-corrected chi connectivity index (χ4v) is 1.28. The molecule has 0 saturated carbocycles. The summed E-state index contributed by atoms with van der Waals surface area (Å²) < 4.78 is 10.7. The predicted octanol–water partition coefficient (Wildman–Crippen LogP) is 3.52. The molecule has 0 aliphatic rings. The van der Waals surface area contributed by atoms with Crippen molar-refractivity contribution in [2.45, 2.75) is 52.2 Å². The van der Waals surface area contributed by atoms with Crippen molar-refractivity contribution < 1.29 is 9.47 Å². The van der Waals surface area contributed by atoms with Crippen LogP contribution in [0.5, 0.6) is 0 Å². The molecule has 0 aromatic carbocycles. The summed E-state index contributed by atoms with van der Waals surface area (Å²) >= 11 is 0. The van der Waals surface area contributed by atoms with Crippen LogP contribution in [0.2, 0.25) is 0 Å². The Labute approximate surface area is 88.3 Å². The molecule has 0 bridgehead atoms. The molecule has 0 spiro atoms. The number of hydrogen-bond donors (Lipinski definition) is 0. The van der Waals surface area contributed by atoms with Gasteiger partial charge in [0.2, 0.25) is 0 Å². The first-order valence-corrected chi connectivity index (χ1v) is 5.65. The van der Waals surface area contributed by atoms with Crippen LogP contribution in [0.4, 0.5) is 0 Å². The maximum atomic E-state index is 5.45. The van der Waals surface area contributed by atoms with Crippen molar-refractivity contribution in [2.24, 2.45) is 0 Å². The van der Waals surface area contributed by atoms with Crippen LogP contribution in [0, 0.1) is 0 Å². The second-order valence-corrected chi connectivity index (χ2v) is 3.39. The Balaban J connectivity index is 3.01. The zero-order valence-electron chi connectivity index (χ0n) is 9.63. The topological polar surface area (TPSA) is 18.5 Å². The van der Waals surface area contributed by atoms with E-state index in [2.05, 4.69) is 6.58 Å². The Kier molecular flexibility index (Phi) is 10.5. The maximum Gasteiger partial charge on any atom is 0.154 e. The van der Waals surface area contributed by atoms with E-state index < -0.39 is 0 Å². The third kappa shape index (κ3) is 9.75. The van der Waals surface area contributed by atoms with Crippen molar-refractivity contribution in [3.05, 3.63) is 12.7 Å². The molecule has 0 fully saturated rings. The highest BCUT2D eigenvalue weighted by Crippen LogP contribution is 2.04. The number of hydrogen-bond acceptors (Lipinski definition) is 2. The van der Waals surface area contributed by atoms with E-state index in [1.807, 2.05) is 19.9 Å². The zero-order valence-corrected chi connectivity index (χ0v) is 9.63. The zero-order chi connectivity index (χ0) is 10.6. The minimum Gasteiger partial charge on any atom is -0.353 e. The molecular weight excluding hydrogens is 176 g/mol. The first kappa shape index (κ1) is 13.7. The molecule has 0 rings (SSSR count). The summed E-state index contributed by atoms with van der Waals surface area (Å²) in [4.78, 5) is 0. The van der Waals surface area contributed by atoms with E-state index in [9.17, 15) is 0 Å². The van der Waals surface area contributed by atoms with Gasteiger partial charge in [-0.15, -0.1) is 6.58 Å². The summed E-state index contributed by atoms with van der Waals surface area (Å²) in [5.74, 6) is 0. The Morgan fingerprint density at radius 1 is 1.14 bits per heavy atom. The van der Waals surface area contributed by atoms with Gasteiger partial charge in [0.15, 0.2) is 6.29 Å². The van der Waals surface area contributed by atoms with E-state index in [1.54, 1.807) is 0 Å². The van der Waals surface area contributed by atoms with Crippen LogP contribution in [0.15, 0.2) is 12.7 Å². The third-order valence-corrected chi connectivity index (χ3v) is 2.06. The SMILES string of the molecule is C=CCCCCCCOC(C)OCC. The van der Waals surface area contributed by atoms with Gasteiger partial charge in [-0.3, -0.25) is 0 Å². The van der Waals surface area contributed by atoms with Crippen LogP contribution >= 0.6 is 0 Å². The van der Waals surface area contributed by atoms with Crippen molar-refractivity contribution in [1.82, 2.24) is 0 Å². The van der Waals surface area contributed by atoms with Crippen LogP contribution in [0.25, 0.3) is 0 Å². The molecule has 0 aromatic heterocycles. The van der Waals surface area contributed by atoms with Gasteiger partial charge in [-0.1, -0.05) is 18.9 Å². The molecule has 0 heterocycles. The first-order chi connectivity index (χ1) is 6.81. The summed E-state index contributed by atoms with van der Waals surface area (Å²) in [6.07, 6.45) is 7.97. The van der Waals surface area contributed by atoms with Gasteiger partial charge in [-0.25, -0.2) is 0 Å². The highest BCUT2D eigenvalue weighted by molar-refractivity contribution is 4.65. The normalized spacial score (nSPS) is 12.7. The molecule has 0 aromatic rings. The molecule has 0 radical (unpaired) electrons. The highest BCUT2D eigenvalue weighted by Gasteiger charge is 1.98. The summed E-state index contributed by atoms with van der Waals surface area (Å²) in [7, 11) is 0. The average molecular weight is 200 g/mol. The molecule has 2 nitrogen and oxygen atoms in total. The minimum absolute atomic E-state index is 0.0480. The molecule has 0 N–H and O–H groups in total. The summed E-state index contributed by atoms with van der Waals surface area (Å²) in [5.41, 5.74) is 0. The van der Waals surface area contributed by atoms with Gasteiger partial charge in [0.05, 0.1) is 0 Å². The van der Waals surface area contributed by atoms with E-state index >= 15 is 0 Å². The lowest BCUT2D eigenvalue weighted by molar-refractivity contribution is -0.127. The fourth-order valence-electron chi connectivity index (χ4n) is 1.28. The van der Waals surface area contributed by atoms with Crippen LogP contribution in [-0.4, -0.2) is 19.5 Å². The quantitative estimate of drug-likeness (QED) is 0.305. The van der Waals surface area contributed by atoms with Crippen molar-refractivity contribution in [1.29, 1.82) is 0 Å². The molecule has 0 aliphatic heterocycles. The van der Waals surface area contributed by atoms with E-state index in [0.29, 0.717) is 0 Å². The lowest BCUT2D eigenvalue weighted by Gasteiger charge is -2.12. The Hall–Kier alpha value is -0.340. The van der Waals surface area contributed by atoms with Crippen LogP contribution in [0.1, 0.15) is 46.0 Å². The molecule has 1 unspecified atom stereocenters. The van der Waals surface area contributed by atoms with Gasteiger partial charge >= 0.3 is 0 Å². The predicted molar refractivity (Wildman–Crippen MR) is 60.3 cm³/mol. The van der Waals surface area contributed by atoms with Crippen molar-refractivity contribution >= 4 is 0 Å². The molecule has 84 valence electrons. The van der Waals surface area contributed by atoms with E-state index in [1.165, 1.54) is 19.3 Å². The molecule has 0 amide bonds. The van der Waals surface area contributed by atoms with Gasteiger partial charge in [-0.2, -0.15) is 0 Å². The Morgan fingerprint density at radius 3 is 2.50 bits per heavy atom. The van der Waals surface area contributed by atoms with Gasteiger partial charge in [-0.05, 0) is 33.1 Å². The number of unbranched alkanes of at least 4 members (excludes halogenated alkanes) is 4. The van der Waals surface area contributed by atoms with Gasteiger partial charge in [0.25, 0.3) is 0 Å². The smallest absolute Gasteiger partial charge is 0.154 e. The van der Waals surface area contributed by atoms with Crippen LogP contribution in [0.3, 0.4) is 0 Å². The minimum atomic E-state index is -0.0480. The number of allylic oxidation sites excluding steroid dienone is 1. The molecule has 0 aliphatic carbocycles. The fraction of sp³-hybridized carbons (Fsp3) is 0.833. The highest BCUT2D eigenvalue weighted by atomic mass is 16.7. The van der Waals surface area contributed by atoms with Crippen LogP contribution in [-0.2, 0) is 9.47 Å².